The summed E-state index contributed by atoms with van der Waals surface area (Å²) >= 11 is 0. The van der Waals surface area contributed by atoms with E-state index in [-0.39, 0.29) is 152 Å². The molecule has 0 spiro atoms. The van der Waals surface area contributed by atoms with Crippen LogP contribution < -0.4 is 0 Å². The van der Waals surface area contributed by atoms with E-state index in [1.807, 2.05) is 0 Å². The number of hydrogen-bond acceptors (Lipinski definition) is 1. The minimum absolute atomic E-state index is 0. The van der Waals surface area contributed by atoms with Gasteiger partial charge in [0.1, 0.15) is 0 Å². The van der Waals surface area contributed by atoms with Crippen molar-refractivity contribution in [2.24, 2.45) is 0 Å². The van der Waals surface area contributed by atoms with E-state index in [2.05, 4.69) is 0 Å². The topological polar surface area (TPSA) is 0 Å². The summed E-state index contributed by atoms with van der Waals surface area (Å²) in [7, 11) is 0. The molecule has 0 saturated heterocycles. The molecule has 0 nitrogen and oxygen atoms in total. The van der Waals surface area contributed by atoms with Gasteiger partial charge in [-0.1, -0.05) is 54.0 Å². The van der Waals surface area contributed by atoms with Crippen LogP contribution in [0.15, 0.2) is 0 Å². The molecule has 0 fully saturated rings. The Hall–Kier alpha value is 4.32. The van der Waals surface area contributed by atoms with Crippen LogP contribution in [0.4, 0.5) is 0 Å². The van der Waals surface area contributed by atoms with Crippen molar-refractivity contribution in [3.8, 4) is 0 Å². The maximum Gasteiger partial charge on any atom is 0 e. The molecule has 0 aliphatic carbocycles. The first-order valence-electron chi connectivity index (χ1n) is 0. The Labute approximate surface area is 150 Å². The summed E-state index contributed by atoms with van der Waals surface area (Å²) in [6.07, 6.45) is 0. The summed E-state index contributed by atoms with van der Waals surface area (Å²) in [5.74, 6) is 0. The molecule has 10 heteroatoms. The average Bonchev–Trinajstić information content (AvgIpc) is 0. The van der Waals surface area contributed by atoms with Crippen LogP contribution in [-0.4, -0.2) is 0 Å². The van der Waals surface area contributed by atoms with Crippen molar-refractivity contribution >= 4 is 67.5 Å². The second kappa shape index (κ2) is 108. The van der Waals surface area contributed by atoms with Gasteiger partial charge in [0, 0.05) is 84.8 Å². The predicted octanol–water partition coefficient (Wildman–Crippen LogP) is -3.50. The van der Waals surface area contributed by atoms with Gasteiger partial charge in [-0.25, -0.2) is 0 Å². The minimum atomic E-state index is 0. The van der Waals surface area contributed by atoms with Gasteiger partial charge in [-0.15, -0.1) is 0 Å². The van der Waals surface area contributed by atoms with E-state index in [0.29, 0.717) is 0 Å². The van der Waals surface area contributed by atoms with Crippen LogP contribution in [0.1, 0.15) is 0 Å². The molecule has 0 unspecified atom stereocenters. The molecule has 0 amide bonds. The van der Waals surface area contributed by atoms with Crippen LogP contribution in [0.25, 0.3) is 0 Å². The van der Waals surface area contributed by atoms with Crippen LogP contribution in [0.3, 0.4) is 0 Å². The molecule has 0 atom stereocenters. The van der Waals surface area contributed by atoms with Crippen molar-refractivity contribution in [3.05, 3.63) is 0 Å². The summed E-state index contributed by atoms with van der Waals surface area (Å²) in [6, 6.07) is 0. The molecule has 0 aromatic rings. The molecule has 0 aromatic heterocycles. The zero-order valence-electron chi connectivity index (χ0n) is 4.49. The molecule has 82 valence electrons. The van der Waals surface area contributed by atoms with Crippen molar-refractivity contribution in [2.45, 2.75) is 0 Å². The maximum atomic E-state index is 0. The van der Waals surface area contributed by atoms with E-state index in [4.69, 9.17) is 0 Å². The molecule has 0 radical (unpaired) electrons. The standard InChI is InChI=1S/4Fe.Ni.5H2S/h;;;;;5*1H2/p+3. The third-order valence-electron chi connectivity index (χ3n) is 0. The molecular weight excluding hydrogens is 442 g/mol. The number of hydrogen-bond donors (Lipinski definition) is 0. The number of rotatable bonds is 0. The summed E-state index contributed by atoms with van der Waals surface area (Å²) < 4.78 is 0. The Morgan fingerprint density at radius 1 is 0.400 bits per heavy atom. The molecule has 0 bridgehead atoms. The smallest absolute Gasteiger partial charge is 0 e. The first-order chi connectivity index (χ1) is 0. The number of thiol groups is 1. The average molecular weight is 456 g/mol. The van der Waals surface area contributed by atoms with E-state index in [1.165, 1.54) is 0 Å². The third kappa shape index (κ3) is 84.6. The Balaban J connectivity index is 0. The van der Waals surface area contributed by atoms with E-state index < -0.39 is 0 Å². The van der Waals surface area contributed by atoms with Gasteiger partial charge in [0.2, 0.25) is 0 Å². The fourth-order valence-corrected chi connectivity index (χ4v) is 0. The molecule has 0 rings (SSSR count). The Bertz CT molecular complexity index is 13.6. The first kappa shape index (κ1) is 136. The van der Waals surface area contributed by atoms with Crippen molar-refractivity contribution in [2.75, 3.05) is 0 Å². The third-order valence-corrected chi connectivity index (χ3v) is 0. The Kier molecular flexibility index (Phi) is 1470. The van der Waals surface area contributed by atoms with Gasteiger partial charge in [-0.05, 0) is 0 Å². The van der Waals surface area contributed by atoms with Crippen LogP contribution in [0, 0.1) is 0 Å². The van der Waals surface area contributed by atoms with Gasteiger partial charge < -0.3 is 13.5 Å². The van der Waals surface area contributed by atoms with Gasteiger partial charge in [-0.3, -0.25) is 0 Å². The summed E-state index contributed by atoms with van der Waals surface area (Å²) in [5.41, 5.74) is 0. The second-order valence-electron chi connectivity index (χ2n) is 0. The van der Waals surface area contributed by atoms with E-state index >= 15 is 0 Å². The molecule has 0 aliphatic heterocycles. The monoisotopic (exact) mass is 455 g/mol. The van der Waals surface area contributed by atoms with E-state index in [0.717, 1.165) is 0 Å². The van der Waals surface area contributed by atoms with Gasteiger partial charge in [-0.2, -0.15) is 0 Å². The normalized spacial score (nSPS) is 0. The van der Waals surface area contributed by atoms with Gasteiger partial charge in [0.15, 0.2) is 0 Å². The molecule has 0 heterocycles. The van der Waals surface area contributed by atoms with Gasteiger partial charge in [0.05, 0.1) is 0 Å². The fourth-order valence-electron chi connectivity index (χ4n) is 0. The second-order valence-corrected chi connectivity index (χ2v) is 0. The zero-order chi connectivity index (χ0) is 0. The van der Waals surface area contributed by atoms with E-state index in [9.17, 15) is 0 Å². The van der Waals surface area contributed by atoms with Crippen molar-refractivity contribution < 1.29 is 84.8 Å². The Morgan fingerprint density at radius 3 is 0.400 bits per heavy atom. The van der Waals surface area contributed by atoms with Crippen molar-refractivity contribution in [1.29, 1.82) is 0 Å². The quantitative estimate of drug-likeness (QED) is 0.158. The van der Waals surface area contributed by atoms with Crippen LogP contribution in [-0.2, 0) is 152 Å². The maximum absolute atomic E-state index is 0. The fraction of sp³-hybridized carbons (Fsp3) is 0. The van der Waals surface area contributed by atoms with Crippen LogP contribution >= 0.6 is 0 Å². The molecule has 0 aliphatic rings. The predicted molar refractivity (Wildman–Crippen MR) is 55.0 cm³/mol. The molecule has 10 heavy (non-hydrogen) atoms. The molecule has 0 N–H and O–H groups in total. The SMILES string of the molecule is [Fe].[Fe].[Fe].[Fe].[Ni].[SH-].[SH3+].[SH3+].[SH3+].[SH3+]. The van der Waals surface area contributed by atoms with Crippen molar-refractivity contribution in [1.82, 2.24) is 0 Å². The van der Waals surface area contributed by atoms with E-state index in [1.54, 1.807) is 0 Å². The summed E-state index contributed by atoms with van der Waals surface area (Å²) in [5, 5.41) is 0. The Morgan fingerprint density at radius 2 is 0.400 bits per heavy atom. The molecule has 0 aromatic carbocycles. The van der Waals surface area contributed by atoms with Crippen LogP contribution in [0.5, 0.6) is 0 Å². The largest absolute Gasteiger partial charge is 0.813 e. The first-order valence-corrected chi connectivity index (χ1v) is 0. The van der Waals surface area contributed by atoms with Crippen LogP contribution in [0.2, 0.25) is 0 Å². The van der Waals surface area contributed by atoms with Crippen molar-refractivity contribution in [3.63, 3.8) is 0 Å². The summed E-state index contributed by atoms with van der Waals surface area (Å²) in [4.78, 5) is 0. The molecular formula is H13Fe4NiS5+3. The minimum Gasteiger partial charge on any atom is -0.813 e. The molecule has 0 saturated carbocycles. The van der Waals surface area contributed by atoms with Gasteiger partial charge >= 0.3 is 0 Å². The summed E-state index contributed by atoms with van der Waals surface area (Å²) in [6.45, 7) is 0. The zero-order valence-corrected chi connectivity index (χ0v) is 15.4. The van der Waals surface area contributed by atoms with Gasteiger partial charge in [0.25, 0.3) is 0 Å².